The summed E-state index contributed by atoms with van der Waals surface area (Å²) in [5.41, 5.74) is 0. The van der Waals surface area contributed by atoms with Crippen molar-refractivity contribution in [2.24, 2.45) is 5.92 Å². The Morgan fingerprint density at radius 1 is 1.33 bits per heavy atom. The lowest BCUT2D eigenvalue weighted by Gasteiger charge is -2.30. The number of piperidine rings is 1. The third-order valence-corrected chi connectivity index (χ3v) is 5.64. The summed E-state index contributed by atoms with van der Waals surface area (Å²) < 4.78 is 24.9. The van der Waals surface area contributed by atoms with Crippen LogP contribution in [0.25, 0.3) is 0 Å². The highest BCUT2D eigenvalue weighted by atomic mass is 32.2. The molecule has 1 rings (SSSR count). The summed E-state index contributed by atoms with van der Waals surface area (Å²) in [5, 5.41) is 11.4. The fraction of sp³-hybridized carbons (Fsp3) is 0.846. The highest BCUT2D eigenvalue weighted by Gasteiger charge is 2.30. The van der Waals surface area contributed by atoms with Crippen LogP contribution in [-0.4, -0.2) is 54.6 Å². The van der Waals surface area contributed by atoms with E-state index in [1.165, 1.54) is 4.31 Å². The van der Waals surface area contributed by atoms with Crippen molar-refractivity contribution in [2.75, 3.05) is 18.8 Å². The Balaban J connectivity index is 2.40. The Bertz CT molecular complexity index is 469. The van der Waals surface area contributed by atoms with Crippen LogP contribution in [0.3, 0.4) is 0 Å². The average molecular weight is 320 g/mol. The first-order valence-corrected chi connectivity index (χ1v) is 8.87. The van der Waals surface area contributed by atoms with Gasteiger partial charge in [-0.05, 0) is 33.1 Å². The van der Waals surface area contributed by atoms with Gasteiger partial charge in [-0.15, -0.1) is 0 Å². The Kier molecular flexibility index (Phi) is 6.60. The number of carboxylic acid groups (broad SMARTS) is 1. The van der Waals surface area contributed by atoms with E-state index in [2.05, 4.69) is 5.32 Å². The Morgan fingerprint density at radius 3 is 2.38 bits per heavy atom. The van der Waals surface area contributed by atoms with Gasteiger partial charge in [-0.3, -0.25) is 9.59 Å². The number of amides is 1. The summed E-state index contributed by atoms with van der Waals surface area (Å²) in [6.07, 6.45) is 1.44. The Hall–Kier alpha value is -1.15. The maximum atomic E-state index is 12.1. The van der Waals surface area contributed by atoms with Crippen molar-refractivity contribution in [3.63, 3.8) is 0 Å². The molecular weight excluding hydrogens is 296 g/mol. The Morgan fingerprint density at radius 2 is 1.90 bits per heavy atom. The van der Waals surface area contributed by atoms with E-state index >= 15 is 0 Å². The molecule has 0 aliphatic carbocycles. The topological polar surface area (TPSA) is 104 Å². The molecule has 0 radical (unpaired) electrons. The van der Waals surface area contributed by atoms with Crippen LogP contribution >= 0.6 is 0 Å². The molecule has 0 bridgehead atoms. The number of carbonyl (C=O) groups is 2. The lowest BCUT2D eigenvalue weighted by Crippen LogP contribution is -2.45. The van der Waals surface area contributed by atoms with Crippen LogP contribution in [0.15, 0.2) is 0 Å². The van der Waals surface area contributed by atoms with Gasteiger partial charge in [-0.25, -0.2) is 12.7 Å². The molecule has 0 aromatic carbocycles. The van der Waals surface area contributed by atoms with E-state index in [0.29, 0.717) is 32.4 Å². The van der Waals surface area contributed by atoms with Gasteiger partial charge >= 0.3 is 5.97 Å². The number of sulfonamides is 1. The predicted molar refractivity (Wildman–Crippen MR) is 78.2 cm³/mol. The second-order valence-electron chi connectivity index (χ2n) is 5.42. The third-order valence-electron chi connectivity index (χ3n) is 3.76. The molecule has 0 spiro atoms. The van der Waals surface area contributed by atoms with Gasteiger partial charge in [-0.1, -0.05) is 0 Å². The molecule has 1 aliphatic heterocycles. The number of aliphatic carboxylic acids is 1. The first-order valence-electron chi connectivity index (χ1n) is 7.26. The van der Waals surface area contributed by atoms with E-state index in [1.807, 2.05) is 0 Å². The van der Waals surface area contributed by atoms with E-state index in [0.717, 1.165) is 0 Å². The number of hydrogen-bond acceptors (Lipinski definition) is 4. The van der Waals surface area contributed by atoms with E-state index < -0.39 is 16.0 Å². The SMILES string of the molecule is CCS(=O)(=O)N1CCC(C(=O)NC(C)CCC(=O)O)CC1. The third kappa shape index (κ3) is 5.62. The molecule has 122 valence electrons. The maximum Gasteiger partial charge on any atom is 0.303 e. The van der Waals surface area contributed by atoms with Gasteiger partial charge < -0.3 is 10.4 Å². The minimum atomic E-state index is -3.18. The molecule has 0 aromatic rings. The smallest absolute Gasteiger partial charge is 0.303 e. The first-order chi connectivity index (χ1) is 9.76. The van der Waals surface area contributed by atoms with Crippen LogP contribution < -0.4 is 5.32 Å². The molecule has 0 saturated carbocycles. The molecule has 21 heavy (non-hydrogen) atoms. The van der Waals surface area contributed by atoms with E-state index in [9.17, 15) is 18.0 Å². The summed E-state index contributed by atoms with van der Waals surface area (Å²) >= 11 is 0. The number of carboxylic acids is 1. The predicted octanol–water partition coefficient (Wildman–Crippen LogP) is 0.418. The fourth-order valence-corrected chi connectivity index (χ4v) is 3.48. The van der Waals surface area contributed by atoms with E-state index in [4.69, 9.17) is 5.11 Å². The standard InChI is InChI=1S/C13H24N2O5S/c1-3-21(19,20)15-8-6-11(7-9-15)13(18)14-10(2)4-5-12(16)17/h10-11H,3-9H2,1-2H3,(H,14,18)(H,16,17). The first kappa shape index (κ1) is 17.9. The van der Waals surface area contributed by atoms with Gasteiger partial charge in [0.05, 0.1) is 5.75 Å². The number of nitrogens with one attached hydrogen (secondary N) is 1. The van der Waals surface area contributed by atoms with Gasteiger partial charge in [0.1, 0.15) is 0 Å². The molecule has 1 fully saturated rings. The minimum absolute atomic E-state index is 0.0225. The number of nitrogens with zero attached hydrogens (tertiary/aromatic N) is 1. The van der Waals surface area contributed by atoms with Gasteiger partial charge in [-0.2, -0.15) is 0 Å². The number of hydrogen-bond donors (Lipinski definition) is 2. The van der Waals surface area contributed by atoms with Crippen molar-refractivity contribution in [1.82, 2.24) is 9.62 Å². The van der Waals surface area contributed by atoms with Crippen LogP contribution in [0.1, 0.15) is 39.5 Å². The summed E-state index contributed by atoms with van der Waals surface area (Å²) in [4.78, 5) is 22.5. The molecular formula is C13H24N2O5S. The molecule has 1 saturated heterocycles. The second-order valence-corrected chi connectivity index (χ2v) is 7.67. The molecule has 0 aromatic heterocycles. The lowest BCUT2D eigenvalue weighted by atomic mass is 9.96. The van der Waals surface area contributed by atoms with Crippen molar-refractivity contribution >= 4 is 21.9 Å². The molecule has 1 heterocycles. The highest BCUT2D eigenvalue weighted by Crippen LogP contribution is 2.20. The van der Waals surface area contributed by atoms with Gasteiger partial charge in [0, 0.05) is 31.5 Å². The summed E-state index contributed by atoms with van der Waals surface area (Å²) in [6.45, 7) is 4.13. The normalized spacial score (nSPS) is 19.1. The van der Waals surface area contributed by atoms with Crippen molar-refractivity contribution in [3.8, 4) is 0 Å². The molecule has 1 atom stereocenters. The van der Waals surface area contributed by atoms with E-state index in [-0.39, 0.29) is 30.0 Å². The van der Waals surface area contributed by atoms with Gasteiger partial charge in [0.15, 0.2) is 0 Å². The molecule has 1 unspecified atom stereocenters. The monoisotopic (exact) mass is 320 g/mol. The molecule has 1 aliphatic rings. The Labute approximate surface area is 125 Å². The zero-order valence-corrected chi connectivity index (χ0v) is 13.4. The zero-order valence-electron chi connectivity index (χ0n) is 12.5. The van der Waals surface area contributed by atoms with Crippen molar-refractivity contribution in [1.29, 1.82) is 0 Å². The van der Waals surface area contributed by atoms with Crippen LogP contribution in [0, 0.1) is 5.92 Å². The summed E-state index contributed by atoms with van der Waals surface area (Å²) in [5.74, 6) is -1.10. The summed E-state index contributed by atoms with van der Waals surface area (Å²) in [6, 6.07) is -0.189. The van der Waals surface area contributed by atoms with Crippen LogP contribution in [0.5, 0.6) is 0 Å². The molecule has 2 N–H and O–H groups in total. The zero-order chi connectivity index (χ0) is 16.0. The van der Waals surface area contributed by atoms with Crippen molar-refractivity contribution in [2.45, 2.75) is 45.6 Å². The average Bonchev–Trinajstić information content (AvgIpc) is 2.45. The quantitative estimate of drug-likeness (QED) is 0.707. The molecule has 7 nitrogen and oxygen atoms in total. The van der Waals surface area contributed by atoms with Crippen LogP contribution in [0.2, 0.25) is 0 Å². The van der Waals surface area contributed by atoms with Crippen molar-refractivity contribution < 1.29 is 23.1 Å². The lowest BCUT2D eigenvalue weighted by molar-refractivity contribution is -0.137. The fourth-order valence-electron chi connectivity index (χ4n) is 2.35. The summed E-state index contributed by atoms with van der Waals surface area (Å²) in [7, 11) is -3.18. The van der Waals surface area contributed by atoms with Crippen molar-refractivity contribution in [3.05, 3.63) is 0 Å². The molecule has 1 amide bonds. The van der Waals surface area contributed by atoms with Gasteiger partial charge in [0.25, 0.3) is 0 Å². The van der Waals surface area contributed by atoms with Crippen LogP contribution in [-0.2, 0) is 19.6 Å². The van der Waals surface area contributed by atoms with Gasteiger partial charge in [0.2, 0.25) is 15.9 Å². The highest BCUT2D eigenvalue weighted by molar-refractivity contribution is 7.89. The van der Waals surface area contributed by atoms with E-state index in [1.54, 1.807) is 13.8 Å². The number of rotatable bonds is 7. The minimum Gasteiger partial charge on any atom is -0.481 e. The number of carbonyl (C=O) groups excluding carboxylic acids is 1. The van der Waals surface area contributed by atoms with Crippen LogP contribution in [0.4, 0.5) is 0 Å². The largest absolute Gasteiger partial charge is 0.481 e. The maximum absolute atomic E-state index is 12.1. The second kappa shape index (κ2) is 7.74. The molecule has 8 heteroatoms.